The number of aromatic nitrogens is 3. The van der Waals surface area contributed by atoms with Crippen LogP contribution in [-0.4, -0.2) is 26.2 Å². The average molecular weight is 343 g/mol. The van der Waals surface area contributed by atoms with E-state index in [0.29, 0.717) is 6.04 Å². The minimum absolute atomic E-state index is 0.400. The molecule has 0 amide bonds. The molecule has 0 saturated heterocycles. The van der Waals surface area contributed by atoms with Crippen LogP contribution in [0.25, 0.3) is 10.2 Å². The highest BCUT2D eigenvalue weighted by atomic mass is 32.1. The van der Waals surface area contributed by atoms with Gasteiger partial charge in [0.05, 0.1) is 21.4 Å². The first-order chi connectivity index (χ1) is 11.7. The maximum atomic E-state index is 4.59. The Bertz CT molecular complexity index is 805. The van der Waals surface area contributed by atoms with Gasteiger partial charge in [-0.05, 0) is 44.0 Å². The van der Waals surface area contributed by atoms with Gasteiger partial charge in [0, 0.05) is 31.4 Å². The summed E-state index contributed by atoms with van der Waals surface area (Å²) < 4.78 is 3.21. The SMILES string of the molecule is CC.CC(c1ccc2scnc2c1)N1CCCc2nn(C)cc2C1. The molecular weight excluding hydrogens is 316 g/mol. The number of hydrogen-bond acceptors (Lipinski definition) is 4. The normalized spacial score (nSPS) is 16.2. The van der Waals surface area contributed by atoms with Crippen LogP contribution < -0.4 is 0 Å². The molecule has 4 nitrogen and oxygen atoms in total. The van der Waals surface area contributed by atoms with E-state index in [1.54, 1.807) is 11.3 Å². The summed E-state index contributed by atoms with van der Waals surface area (Å²) in [5.74, 6) is 0. The van der Waals surface area contributed by atoms with Crippen molar-refractivity contribution in [3.8, 4) is 0 Å². The molecule has 0 aliphatic carbocycles. The van der Waals surface area contributed by atoms with E-state index >= 15 is 0 Å². The highest BCUT2D eigenvalue weighted by Gasteiger charge is 2.22. The summed E-state index contributed by atoms with van der Waals surface area (Å²) in [6, 6.07) is 7.09. The Morgan fingerprint density at radius 3 is 2.92 bits per heavy atom. The molecule has 3 heterocycles. The van der Waals surface area contributed by atoms with Gasteiger partial charge in [-0.25, -0.2) is 4.98 Å². The molecule has 0 saturated carbocycles. The average Bonchev–Trinajstić information content (AvgIpc) is 3.16. The molecule has 3 aromatic rings. The summed E-state index contributed by atoms with van der Waals surface area (Å²) in [7, 11) is 2.01. The molecule has 1 aromatic carbocycles. The fourth-order valence-electron chi connectivity index (χ4n) is 3.35. The van der Waals surface area contributed by atoms with Crippen LogP contribution in [0.15, 0.2) is 29.9 Å². The maximum absolute atomic E-state index is 4.59. The van der Waals surface area contributed by atoms with E-state index in [9.17, 15) is 0 Å². The van der Waals surface area contributed by atoms with Crippen LogP contribution in [-0.2, 0) is 20.0 Å². The molecule has 4 rings (SSSR count). The van der Waals surface area contributed by atoms with Gasteiger partial charge in [-0.1, -0.05) is 19.9 Å². The third-order valence-corrected chi connectivity index (χ3v) is 5.42. The van der Waals surface area contributed by atoms with E-state index in [1.165, 1.54) is 27.9 Å². The van der Waals surface area contributed by atoms with Crippen molar-refractivity contribution in [2.75, 3.05) is 6.54 Å². The van der Waals surface area contributed by atoms with Crippen molar-refractivity contribution in [3.63, 3.8) is 0 Å². The van der Waals surface area contributed by atoms with Crippen LogP contribution in [0.1, 0.15) is 50.1 Å². The van der Waals surface area contributed by atoms with Gasteiger partial charge in [0.15, 0.2) is 0 Å². The molecule has 24 heavy (non-hydrogen) atoms. The van der Waals surface area contributed by atoms with Gasteiger partial charge in [0.1, 0.15) is 0 Å². The second-order valence-corrected chi connectivity index (χ2v) is 6.99. The second-order valence-electron chi connectivity index (χ2n) is 6.10. The zero-order chi connectivity index (χ0) is 17.1. The summed E-state index contributed by atoms with van der Waals surface area (Å²) in [5.41, 5.74) is 7.04. The molecule has 0 fully saturated rings. The smallest absolute Gasteiger partial charge is 0.0815 e. The Hall–Kier alpha value is -1.72. The third kappa shape index (κ3) is 3.37. The number of fused-ring (bicyclic) bond motifs is 2. The van der Waals surface area contributed by atoms with Crippen LogP contribution in [0.5, 0.6) is 0 Å². The molecule has 1 aliphatic rings. The lowest BCUT2D eigenvalue weighted by Gasteiger charge is -2.28. The van der Waals surface area contributed by atoms with Gasteiger partial charge >= 0.3 is 0 Å². The lowest BCUT2D eigenvalue weighted by Crippen LogP contribution is -2.26. The van der Waals surface area contributed by atoms with E-state index < -0.39 is 0 Å². The van der Waals surface area contributed by atoms with Gasteiger partial charge in [-0.3, -0.25) is 9.58 Å². The fraction of sp³-hybridized carbons (Fsp3) is 0.474. The van der Waals surface area contributed by atoms with E-state index in [0.717, 1.165) is 25.0 Å². The second kappa shape index (κ2) is 7.45. The zero-order valence-electron chi connectivity index (χ0n) is 15.0. The molecule has 1 aliphatic heterocycles. The van der Waals surface area contributed by atoms with Crippen LogP contribution in [0, 0.1) is 0 Å². The topological polar surface area (TPSA) is 34.0 Å². The zero-order valence-corrected chi connectivity index (χ0v) is 15.8. The Kier molecular flexibility index (Phi) is 5.31. The summed E-state index contributed by atoms with van der Waals surface area (Å²) in [4.78, 5) is 7.01. The van der Waals surface area contributed by atoms with E-state index in [1.807, 2.05) is 31.1 Å². The lowest BCUT2D eigenvalue weighted by molar-refractivity contribution is 0.204. The Morgan fingerprint density at radius 1 is 1.25 bits per heavy atom. The number of rotatable bonds is 2. The third-order valence-electron chi connectivity index (χ3n) is 4.61. The predicted molar refractivity (Wildman–Crippen MR) is 101 cm³/mol. The number of aryl methyl sites for hydroxylation is 2. The van der Waals surface area contributed by atoms with Crippen molar-refractivity contribution >= 4 is 21.6 Å². The Labute approximate surface area is 148 Å². The molecular formula is C19H26N4S. The van der Waals surface area contributed by atoms with Gasteiger partial charge in [-0.2, -0.15) is 5.10 Å². The first kappa shape index (κ1) is 17.1. The molecule has 1 unspecified atom stereocenters. The summed E-state index contributed by atoms with van der Waals surface area (Å²) >= 11 is 1.70. The minimum Gasteiger partial charge on any atom is -0.292 e. The van der Waals surface area contributed by atoms with Crippen LogP contribution in [0.4, 0.5) is 0 Å². The van der Waals surface area contributed by atoms with E-state index in [2.05, 4.69) is 46.3 Å². The van der Waals surface area contributed by atoms with Crippen LogP contribution >= 0.6 is 11.3 Å². The molecule has 0 spiro atoms. The molecule has 0 N–H and O–H groups in total. The number of hydrogen-bond donors (Lipinski definition) is 0. The molecule has 0 radical (unpaired) electrons. The monoisotopic (exact) mass is 342 g/mol. The van der Waals surface area contributed by atoms with E-state index in [4.69, 9.17) is 0 Å². The van der Waals surface area contributed by atoms with Gasteiger partial charge in [0.25, 0.3) is 0 Å². The van der Waals surface area contributed by atoms with Crippen molar-refractivity contribution in [2.45, 2.75) is 46.2 Å². The quantitative estimate of drug-likeness (QED) is 0.684. The standard InChI is InChI=1S/C17H20N4S.C2H6/c1-12(13-5-6-17-16(8-13)18-11-22-17)21-7-3-4-15-14(10-21)9-20(2)19-15;1-2/h5-6,8-9,11-12H,3-4,7,10H2,1-2H3;1-2H3. The van der Waals surface area contributed by atoms with E-state index in [-0.39, 0.29) is 0 Å². The van der Waals surface area contributed by atoms with Crippen molar-refractivity contribution in [1.29, 1.82) is 0 Å². The molecule has 0 bridgehead atoms. The first-order valence-corrected chi connectivity index (χ1v) is 9.67. The van der Waals surface area contributed by atoms with Gasteiger partial charge in [-0.15, -0.1) is 11.3 Å². The molecule has 128 valence electrons. The van der Waals surface area contributed by atoms with Crippen molar-refractivity contribution < 1.29 is 0 Å². The molecule has 1 atom stereocenters. The summed E-state index contributed by atoms with van der Waals surface area (Å²) in [5, 5.41) is 4.59. The first-order valence-electron chi connectivity index (χ1n) is 8.79. The Morgan fingerprint density at radius 2 is 2.08 bits per heavy atom. The van der Waals surface area contributed by atoms with Crippen molar-refractivity contribution in [3.05, 3.63) is 46.7 Å². The summed E-state index contributed by atoms with van der Waals surface area (Å²) in [6.45, 7) is 8.41. The molecule has 2 aromatic heterocycles. The maximum Gasteiger partial charge on any atom is 0.0815 e. The van der Waals surface area contributed by atoms with Crippen molar-refractivity contribution in [1.82, 2.24) is 19.7 Å². The highest BCUT2D eigenvalue weighted by Crippen LogP contribution is 2.29. The number of thiazole rings is 1. The number of benzene rings is 1. The van der Waals surface area contributed by atoms with Crippen LogP contribution in [0.3, 0.4) is 0 Å². The fourth-order valence-corrected chi connectivity index (χ4v) is 4.01. The van der Waals surface area contributed by atoms with Gasteiger partial charge in [0.2, 0.25) is 0 Å². The minimum atomic E-state index is 0.400. The largest absolute Gasteiger partial charge is 0.292 e. The molecule has 5 heteroatoms. The highest BCUT2D eigenvalue weighted by molar-refractivity contribution is 7.16. The van der Waals surface area contributed by atoms with Gasteiger partial charge < -0.3 is 0 Å². The predicted octanol–water partition coefficient (Wildman–Crippen LogP) is 4.57. The lowest BCUT2D eigenvalue weighted by atomic mass is 10.1. The van der Waals surface area contributed by atoms with Crippen molar-refractivity contribution in [2.24, 2.45) is 7.05 Å². The Balaban J connectivity index is 0.000000815. The van der Waals surface area contributed by atoms with Crippen LogP contribution in [0.2, 0.25) is 0 Å². The number of nitrogens with zero attached hydrogens (tertiary/aromatic N) is 4. The summed E-state index contributed by atoms with van der Waals surface area (Å²) in [6.07, 6.45) is 4.43.